The van der Waals surface area contributed by atoms with Crippen molar-refractivity contribution in [3.05, 3.63) is 83.5 Å². The van der Waals surface area contributed by atoms with E-state index in [2.05, 4.69) is 51.3 Å². The lowest BCUT2D eigenvalue weighted by Gasteiger charge is -2.12. The molecular formula is C23H14ClI2NO3. The van der Waals surface area contributed by atoms with Gasteiger partial charge in [-0.2, -0.15) is 5.26 Å². The van der Waals surface area contributed by atoms with Crippen molar-refractivity contribution >= 4 is 68.4 Å². The second-order valence-corrected chi connectivity index (χ2v) is 9.23. The molecule has 1 heterocycles. The van der Waals surface area contributed by atoms with E-state index in [1.807, 2.05) is 60.7 Å². The minimum Gasteiger partial charge on any atom is -0.487 e. The van der Waals surface area contributed by atoms with Crippen molar-refractivity contribution < 1.29 is 14.2 Å². The Kier molecular flexibility index (Phi) is 6.71. The van der Waals surface area contributed by atoms with Crippen LogP contribution < -0.4 is 14.2 Å². The fourth-order valence-corrected chi connectivity index (χ4v) is 5.20. The first-order chi connectivity index (χ1) is 14.5. The van der Waals surface area contributed by atoms with Crippen LogP contribution in [0.25, 0.3) is 11.6 Å². The molecule has 0 saturated carbocycles. The van der Waals surface area contributed by atoms with Gasteiger partial charge >= 0.3 is 0 Å². The van der Waals surface area contributed by atoms with Gasteiger partial charge in [0, 0.05) is 5.02 Å². The number of hydrogen-bond acceptors (Lipinski definition) is 4. The van der Waals surface area contributed by atoms with Gasteiger partial charge in [0.05, 0.1) is 18.8 Å². The number of hydrogen-bond donors (Lipinski definition) is 0. The number of allylic oxidation sites excluding steroid dienone is 1. The molecule has 0 spiro atoms. The zero-order valence-electron chi connectivity index (χ0n) is 15.5. The number of nitriles is 1. The Hall–Kier alpha value is -1.96. The van der Waals surface area contributed by atoms with E-state index < -0.39 is 0 Å². The summed E-state index contributed by atoms with van der Waals surface area (Å²) in [7, 11) is 0. The van der Waals surface area contributed by atoms with E-state index in [0.29, 0.717) is 28.7 Å². The molecule has 0 atom stereocenters. The van der Waals surface area contributed by atoms with E-state index in [-0.39, 0.29) is 6.79 Å². The number of fused-ring (bicyclic) bond motifs is 1. The first-order valence-corrected chi connectivity index (χ1v) is 11.4. The molecule has 0 unspecified atom stereocenters. The lowest BCUT2D eigenvalue weighted by molar-refractivity contribution is 0.174. The minimum atomic E-state index is 0.207. The Labute approximate surface area is 206 Å². The Bertz CT molecular complexity index is 1150. The van der Waals surface area contributed by atoms with Gasteiger partial charge in [-0.15, -0.1) is 0 Å². The third kappa shape index (κ3) is 4.85. The first kappa shape index (κ1) is 21.3. The molecule has 0 aliphatic carbocycles. The molecular weight excluding hydrogens is 628 g/mol. The number of halogens is 3. The summed E-state index contributed by atoms with van der Waals surface area (Å²) in [5.74, 6) is 2.18. The van der Waals surface area contributed by atoms with Gasteiger partial charge in [0.2, 0.25) is 6.79 Å². The zero-order chi connectivity index (χ0) is 21.1. The first-order valence-electron chi connectivity index (χ1n) is 8.91. The second kappa shape index (κ2) is 9.45. The molecule has 4 rings (SSSR count). The number of nitrogens with zero attached hydrogens (tertiary/aromatic N) is 1. The number of ether oxygens (including phenoxy) is 3. The van der Waals surface area contributed by atoms with Crippen molar-refractivity contribution in [2.75, 3.05) is 6.79 Å². The largest absolute Gasteiger partial charge is 0.487 e. The van der Waals surface area contributed by atoms with Crippen molar-refractivity contribution in [1.29, 1.82) is 5.26 Å². The van der Waals surface area contributed by atoms with Crippen LogP contribution in [-0.4, -0.2) is 6.79 Å². The maximum Gasteiger partial charge on any atom is 0.231 e. The smallest absolute Gasteiger partial charge is 0.231 e. The summed E-state index contributed by atoms with van der Waals surface area (Å²) < 4.78 is 18.8. The molecule has 0 saturated heterocycles. The molecule has 30 heavy (non-hydrogen) atoms. The highest BCUT2D eigenvalue weighted by atomic mass is 127. The van der Waals surface area contributed by atoms with Crippen LogP contribution in [0.15, 0.2) is 54.6 Å². The zero-order valence-corrected chi connectivity index (χ0v) is 20.6. The number of rotatable bonds is 5. The molecule has 7 heteroatoms. The van der Waals surface area contributed by atoms with Crippen molar-refractivity contribution in [2.24, 2.45) is 0 Å². The van der Waals surface area contributed by atoms with E-state index in [1.165, 1.54) is 0 Å². The lowest BCUT2D eigenvalue weighted by atomic mass is 10.0. The highest BCUT2D eigenvalue weighted by Crippen LogP contribution is 2.35. The van der Waals surface area contributed by atoms with Crippen LogP contribution in [0, 0.1) is 18.5 Å². The van der Waals surface area contributed by atoms with Crippen molar-refractivity contribution in [2.45, 2.75) is 6.61 Å². The summed E-state index contributed by atoms with van der Waals surface area (Å²) in [6, 6.07) is 19.4. The van der Waals surface area contributed by atoms with Gasteiger partial charge in [-0.05, 0) is 110 Å². The predicted molar refractivity (Wildman–Crippen MR) is 134 cm³/mol. The minimum absolute atomic E-state index is 0.207. The fraction of sp³-hybridized carbons (Fsp3) is 0.0870. The SMILES string of the molecule is N#C/C(=C/c1cc(I)c(OCc2ccc(Cl)cc2)c(I)c1)c1ccc2c(c1)OCO2. The molecule has 4 nitrogen and oxygen atoms in total. The van der Waals surface area contributed by atoms with E-state index >= 15 is 0 Å². The molecule has 150 valence electrons. The Morgan fingerprint density at radius 3 is 2.43 bits per heavy atom. The molecule has 0 N–H and O–H groups in total. The summed E-state index contributed by atoms with van der Waals surface area (Å²) in [4.78, 5) is 0. The van der Waals surface area contributed by atoms with Gasteiger partial charge in [0.1, 0.15) is 12.4 Å². The summed E-state index contributed by atoms with van der Waals surface area (Å²) in [5.41, 5.74) is 3.31. The van der Waals surface area contributed by atoms with Gasteiger partial charge in [-0.1, -0.05) is 23.7 Å². The van der Waals surface area contributed by atoms with E-state index in [1.54, 1.807) is 0 Å². The molecule has 1 aliphatic heterocycles. The molecule has 3 aromatic carbocycles. The molecule has 3 aromatic rings. The average Bonchev–Trinajstić information content (AvgIpc) is 3.20. The molecule has 0 radical (unpaired) electrons. The maximum atomic E-state index is 9.68. The summed E-state index contributed by atoms with van der Waals surface area (Å²) in [5, 5.41) is 10.4. The molecule has 0 aromatic heterocycles. The summed E-state index contributed by atoms with van der Waals surface area (Å²) in [6.07, 6.45) is 1.87. The maximum absolute atomic E-state index is 9.68. The Morgan fingerprint density at radius 1 is 1.03 bits per heavy atom. The monoisotopic (exact) mass is 641 g/mol. The van der Waals surface area contributed by atoms with Gasteiger partial charge in [0.15, 0.2) is 11.5 Å². The van der Waals surface area contributed by atoms with Crippen LogP contribution in [0.3, 0.4) is 0 Å². The van der Waals surface area contributed by atoms with Crippen molar-refractivity contribution in [3.8, 4) is 23.3 Å². The van der Waals surface area contributed by atoms with Crippen LogP contribution in [-0.2, 0) is 6.61 Å². The second-order valence-electron chi connectivity index (χ2n) is 6.47. The van der Waals surface area contributed by atoms with Crippen molar-refractivity contribution in [3.63, 3.8) is 0 Å². The quantitative estimate of drug-likeness (QED) is 0.173. The normalized spacial score (nSPS) is 12.5. The van der Waals surface area contributed by atoms with Gasteiger partial charge < -0.3 is 14.2 Å². The van der Waals surface area contributed by atoms with Gasteiger partial charge in [-0.25, -0.2) is 0 Å². The van der Waals surface area contributed by atoms with E-state index in [9.17, 15) is 5.26 Å². The van der Waals surface area contributed by atoms with Crippen LogP contribution >= 0.6 is 56.8 Å². The Morgan fingerprint density at radius 2 is 1.73 bits per heavy atom. The van der Waals surface area contributed by atoms with Gasteiger partial charge in [-0.3, -0.25) is 0 Å². The number of benzene rings is 3. The Balaban J connectivity index is 1.57. The topological polar surface area (TPSA) is 51.5 Å². The van der Waals surface area contributed by atoms with Crippen LogP contribution in [0.1, 0.15) is 16.7 Å². The highest BCUT2D eigenvalue weighted by molar-refractivity contribution is 14.1. The summed E-state index contributed by atoms with van der Waals surface area (Å²) in [6.45, 7) is 0.664. The molecule has 0 amide bonds. The van der Waals surface area contributed by atoms with E-state index in [4.69, 9.17) is 25.8 Å². The van der Waals surface area contributed by atoms with Crippen LogP contribution in [0.5, 0.6) is 17.2 Å². The lowest BCUT2D eigenvalue weighted by Crippen LogP contribution is -1.99. The average molecular weight is 642 g/mol. The van der Waals surface area contributed by atoms with Crippen LogP contribution in [0.2, 0.25) is 5.02 Å². The fourth-order valence-electron chi connectivity index (χ4n) is 2.95. The molecule has 1 aliphatic rings. The standard InChI is InChI=1S/C23H14ClI2NO3/c24-18-4-1-14(2-5-18)12-28-23-19(25)8-15(9-20(23)26)7-17(11-27)16-3-6-21-22(10-16)30-13-29-21/h1-10H,12-13H2/b17-7-. The van der Waals surface area contributed by atoms with Gasteiger partial charge in [0.25, 0.3) is 0 Å². The highest BCUT2D eigenvalue weighted by Gasteiger charge is 2.15. The molecule has 0 fully saturated rings. The molecule has 0 bridgehead atoms. The van der Waals surface area contributed by atoms with Crippen molar-refractivity contribution in [1.82, 2.24) is 0 Å². The van der Waals surface area contributed by atoms with E-state index in [0.717, 1.165) is 29.6 Å². The predicted octanol–water partition coefficient (Wildman–Crippen LogP) is 6.92. The third-order valence-corrected chi connectivity index (χ3v) is 6.29. The summed E-state index contributed by atoms with van der Waals surface area (Å²) >= 11 is 10.5. The van der Waals surface area contributed by atoms with Crippen LogP contribution in [0.4, 0.5) is 0 Å². The third-order valence-electron chi connectivity index (χ3n) is 4.43.